The third-order valence-corrected chi connectivity index (χ3v) is 6.40. The molecule has 0 amide bonds. The Morgan fingerprint density at radius 1 is 0.879 bits per heavy atom. The number of rotatable bonds is 8. The molecule has 4 nitrogen and oxygen atoms in total. The van der Waals surface area contributed by atoms with Crippen LogP contribution in [0.25, 0.3) is 0 Å². The second kappa shape index (κ2) is 10.3. The summed E-state index contributed by atoms with van der Waals surface area (Å²) in [7, 11) is 0. The van der Waals surface area contributed by atoms with E-state index in [0.717, 1.165) is 37.6 Å². The van der Waals surface area contributed by atoms with Crippen LogP contribution in [0.2, 0.25) is 0 Å². The van der Waals surface area contributed by atoms with Crippen molar-refractivity contribution in [2.24, 2.45) is 0 Å². The largest absolute Gasteiger partial charge is 0.491 e. The molecule has 0 radical (unpaired) electrons. The van der Waals surface area contributed by atoms with Crippen LogP contribution in [0.3, 0.4) is 0 Å². The van der Waals surface area contributed by atoms with Crippen molar-refractivity contribution in [1.29, 1.82) is 0 Å². The lowest BCUT2D eigenvalue weighted by molar-refractivity contribution is 0.321. The maximum atomic E-state index is 6.23. The minimum Gasteiger partial charge on any atom is -0.491 e. The Balaban J connectivity index is 1.53. The van der Waals surface area contributed by atoms with E-state index in [-0.39, 0.29) is 0 Å². The molecule has 174 valence electrons. The van der Waals surface area contributed by atoms with Gasteiger partial charge in [-0.3, -0.25) is 4.98 Å². The number of benzene rings is 2. The summed E-state index contributed by atoms with van der Waals surface area (Å²) in [4.78, 5) is 9.42. The first-order valence-corrected chi connectivity index (χ1v) is 12.2. The van der Waals surface area contributed by atoms with Crippen LogP contribution in [0.4, 0.5) is 11.4 Å². The summed E-state index contributed by atoms with van der Waals surface area (Å²) in [6.07, 6.45) is 2.64. The summed E-state index contributed by atoms with van der Waals surface area (Å²) in [5, 5.41) is 0. The fraction of sp³-hybridized carbons (Fsp3) is 0.414. The van der Waals surface area contributed by atoms with E-state index in [4.69, 9.17) is 4.74 Å². The molecule has 2 aromatic carbocycles. The molecule has 1 aromatic heterocycles. The molecule has 0 aliphatic carbocycles. The predicted octanol–water partition coefficient (Wildman–Crippen LogP) is 6.54. The normalized spacial score (nSPS) is 13.9. The number of aromatic nitrogens is 1. The second-order valence-electron chi connectivity index (χ2n) is 9.66. The number of hydrogen-bond donors (Lipinski definition) is 0. The Bertz CT molecular complexity index is 1030. The van der Waals surface area contributed by atoms with Crippen LogP contribution in [0.1, 0.15) is 61.9 Å². The van der Waals surface area contributed by atoms with E-state index in [1.807, 2.05) is 24.4 Å². The molecular formula is C29H37N3O. The second-order valence-corrected chi connectivity index (χ2v) is 9.66. The molecule has 1 aliphatic heterocycles. The molecule has 3 aromatic rings. The lowest BCUT2D eigenvalue weighted by atomic mass is 9.90. The highest BCUT2D eigenvalue weighted by Gasteiger charge is 2.27. The van der Waals surface area contributed by atoms with Gasteiger partial charge in [-0.15, -0.1) is 0 Å². The first-order valence-electron chi connectivity index (χ1n) is 12.2. The van der Waals surface area contributed by atoms with Crippen molar-refractivity contribution in [2.75, 3.05) is 36.2 Å². The molecular weight excluding hydrogens is 406 g/mol. The average Bonchev–Trinajstić information content (AvgIpc) is 3.29. The third kappa shape index (κ3) is 5.32. The maximum Gasteiger partial charge on any atom is 0.142 e. The van der Waals surface area contributed by atoms with Crippen LogP contribution in [-0.4, -0.2) is 31.3 Å². The smallest absolute Gasteiger partial charge is 0.142 e. The van der Waals surface area contributed by atoms with Crippen molar-refractivity contribution in [3.8, 4) is 5.75 Å². The Morgan fingerprint density at radius 3 is 2.21 bits per heavy atom. The Labute approximate surface area is 199 Å². The first kappa shape index (κ1) is 23.2. The van der Waals surface area contributed by atoms with E-state index < -0.39 is 0 Å². The Kier molecular flexibility index (Phi) is 7.22. The average molecular weight is 444 g/mol. The zero-order chi connectivity index (χ0) is 23.4. The van der Waals surface area contributed by atoms with Gasteiger partial charge < -0.3 is 14.5 Å². The van der Waals surface area contributed by atoms with Gasteiger partial charge in [0.15, 0.2) is 0 Å². The summed E-state index contributed by atoms with van der Waals surface area (Å²) in [5.41, 5.74) is 7.94. The van der Waals surface area contributed by atoms with Gasteiger partial charge >= 0.3 is 0 Å². The number of ether oxygens (including phenoxy) is 1. The quantitative estimate of drug-likeness (QED) is 0.395. The van der Waals surface area contributed by atoms with Crippen LogP contribution in [0, 0.1) is 6.92 Å². The van der Waals surface area contributed by atoms with Gasteiger partial charge in [-0.05, 0) is 54.2 Å². The molecule has 1 aliphatic rings. The van der Waals surface area contributed by atoms with E-state index in [9.17, 15) is 0 Å². The van der Waals surface area contributed by atoms with Gasteiger partial charge in [-0.25, -0.2) is 0 Å². The van der Waals surface area contributed by atoms with Crippen LogP contribution in [0.15, 0.2) is 60.8 Å². The molecule has 0 bridgehead atoms. The van der Waals surface area contributed by atoms with Gasteiger partial charge in [0.2, 0.25) is 0 Å². The lowest BCUT2D eigenvalue weighted by Crippen LogP contribution is -2.27. The summed E-state index contributed by atoms with van der Waals surface area (Å²) in [6, 6.07) is 19.2. The van der Waals surface area contributed by atoms with Gasteiger partial charge in [0.1, 0.15) is 5.75 Å². The number of pyridine rings is 1. The predicted molar refractivity (Wildman–Crippen MR) is 139 cm³/mol. The highest BCUT2D eigenvalue weighted by Crippen LogP contribution is 2.39. The standard InChI is InChI=1S/C29H37N3O/c1-21(2)25-18-23(5)19-26(22(3)4)29(25)32-16-15-31(20-32)27-11-6-7-12-28(27)33-17-13-24-10-8-9-14-30-24/h6-12,14,18-19,21-22H,13,15-17,20H2,1-5H3. The van der Waals surface area contributed by atoms with Gasteiger partial charge in [0.05, 0.1) is 19.0 Å². The summed E-state index contributed by atoms with van der Waals surface area (Å²) >= 11 is 0. The highest BCUT2D eigenvalue weighted by molar-refractivity contribution is 5.67. The molecule has 0 unspecified atom stereocenters. The van der Waals surface area contributed by atoms with Crippen molar-refractivity contribution in [3.05, 3.63) is 83.2 Å². The lowest BCUT2D eigenvalue weighted by Gasteiger charge is -2.29. The fourth-order valence-corrected chi connectivity index (χ4v) is 4.70. The number of nitrogens with zero attached hydrogens (tertiary/aromatic N) is 3. The molecule has 1 fully saturated rings. The molecule has 0 spiro atoms. The summed E-state index contributed by atoms with van der Waals surface area (Å²) in [6.45, 7) is 15.0. The topological polar surface area (TPSA) is 28.6 Å². The zero-order valence-electron chi connectivity index (χ0n) is 20.7. The van der Waals surface area contributed by atoms with Gasteiger partial charge in [-0.2, -0.15) is 0 Å². The van der Waals surface area contributed by atoms with Crippen LogP contribution >= 0.6 is 0 Å². The number of para-hydroxylation sites is 2. The van der Waals surface area contributed by atoms with Crippen molar-refractivity contribution in [2.45, 2.75) is 52.9 Å². The molecule has 1 saturated heterocycles. The Hall–Kier alpha value is -3.01. The van der Waals surface area contributed by atoms with Crippen molar-refractivity contribution < 1.29 is 4.74 Å². The molecule has 4 rings (SSSR count). The summed E-state index contributed by atoms with van der Waals surface area (Å²) < 4.78 is 6.23. The van der Waals surface area contributed by atoms with Crippen molar-refractivity contribution >= 4 is 11.4 Å². The van der Waals surface area contributed by atoms with Gasteiger partial charge in [-0.1, -0.05) is 63.6 Å². The van der Waals surface area contributed by atoms with Gasteiger partial charge in [0, 0.05) is 37.1 Å². The highest BCUT2D eigenvalue weighted by atomic mass is 16.5. The minimum atomic E-state index is 0.494. The van der Waals surface area contributed by atoms with E-state index >= 15 is 0 Å². The van der Waals surface area contributed by atoms with Crippen LogP contribution in [-0.2, 0) is 6.42 Å². The number of hydrogen-bond acceptors (Lipinski definition) is 4. The third-order valence-electron chi connectivity index (χ3n) is 6.40. The van der Waals surface area contributed by atoms with Crippen LogP contribution in [0.5, 0.6) is 5.75 Å². The van der Waals surface area contributed by atoms with Gasteiger partial charge in [0.25, 0.3) is 0 Å². The van der Waals surface area contributed by atoms with E-state index in [1.165, 1.54) is 28.1 Å². The molecule has 0 N–H and O–H groups in total. The number of anilines is 2. The minimum absolute atomic E-state index is 0.494. The first-order chi connectivity index (χ1) is 15.9. The van der Waals surface area contributed by atoms with E-state index in [1.54, 1.807) is 0 Å². The monoisotopic (exact) mass is 443 g/mol. The van der Waals surface area contributed by atoms with E-state index in [0.29, 0.717) is 18.4 Å². The van der Waals surface area contributed by atoms with Crippen LogP contribution < -0.4 is 14.5 Å². The van der Waals surface area contributed by atoms with Crippen molar-refractivity contribution in [3.63, 3.8) is 0 Å². The maximum absolute atomic E-state index is 6.23. The van der Waals surface area contributed by atoms with Crippen molar-refractivity contribution in [1.82, 2.24) is 4.98 Å². The Morgan fingerprint density at radius 2 is 1.55 bits per heavy atom. The molecule has 0 saturated carbocycles. The fourth-order valence-electron chi connectivity index (χ4n) is 4.70. The molecule has 4 heteroatoms. The number of aryl methyl sites for hydroxylation is 1. The molecule has 0 atom stereocenters. The SMILES string of the molecule is Cc1cc(C(C)C)c(N2CCN(c3ccccc3OCCc3ccccn3)C2)c(C(C)C)c1. The van der Waals surface area contributed by atoms with E-state index in [2.05, 4.69) is 85.8 Å². The molecule has 2 heterocycles. The summed E-state index contributed by atoms with van der Waals surface area (Å²) in [5.74, 6) is 1.94. The zero-order valence-corrected chi connectivity index (χ0v) is 20.7. The molecule has 33 heavy (non-hydrogen) atoms.